The molecule has 6 heteroatoms. The highest BCUT2D eigenvalue weighted by Crippen LogP contribution is 2.17. The number of carbonyl (C=O) groups is 3. The van der Waals surface area contributed by atoms with Crippen LogP contribution in [0.3, 0.4) is 0 Å². The maximum absolute atomic E-state index is 12.8. The lowest BCUT2D eigenvalue weighted by Gasteiger charge is -2.18. The van der Waals surface area contributed by atoms with E-state index < -0.39 is 6.10 Å². The first-order chi connectivity index (χ1) is 36.0. The summed E-state index contributed by atoms with van der Waals surface area (Å²) in [6, 6.07) is 0. The Morgan fingerprint density at radius 3 is 0.836 bits per heavy atom. The van der Waals surface area contributed by atoms with Crippen molar-refractivity contribution in [1.29, 1.82) is 0 Å². The Labute approximate surface area is 453 Å². The van der Waals surface area contributed by atoms with Crippen molar-refractivity contribution in [3.05, 3.63) is 60.8 Å². The van der Waals surface area contributed by atoms with E-state index in [-0.39, 0.29) is 31.1 Å². The molecular weight excluding hydrogens is 901 g/mol. The van der Waals surface area contributed by atoms with Crippen LogP contribution >= 0.6 is 0 Å². The number of unbranched alkanes of at least 4 members (excludes halogenated alkanes) is 37. The predicted molar refractivity (Wildman–Crippen MR) is 316 cm³/mol. The SMILES string of the molecule is CC/C=C\C/C=C\C/C=C\C/C=C\C/C=C\CCCCCCCCCCCCCC(=O)OCC(COC(=O)CCCCCCC)OC(=O)CCCCCCCCCCCCCCCCCCCCCCCCC. The molecular formula is C67H120O6. The summed E-state index contributed by atoms with van der Waals surface area (Å²) >= 11 is 0. The molecule has 0 fully saturated rings. The molecule has 0 spiro atoms. The fourth-order valence-electron chi connectivity index (χ4n) is 9.30. The lowest BCUT2D eigenvalue weighted by Crippen LogP contribution is -2.30. The lowest BCUT2D eigenvalue weighted by molar-refractivity contribution is -0.167. The van der Waals surface area contributed by atoms with E-state index >= 15 is 0 Å². The Kier molecular flexibility index (Phi) is 59.2. The zero-order valence-corrected chi connectivity index (χ0v) is 48.7. The lowest BCUT2D eigenvalue weighted by atomic mass is 10.0. The van der Waals surface area contributed by atoms with Gasteiger partial charge in [-0.3, -0.25) is 14.4 Å². The van der Waals surface area contributed by atoms with Gasteiger partial charge >= 0.3 is 17.9 Å². The molecule has 0 aliphatic carbocycles. The number of carbonyl (C=O) groups excluding carboxylic acids is 3. The highest BCUT2D eigenvalue weighted by Gasteiger charge is 2.19. The molecule has 0 radical (unpaired) electrons. The Bertz CT molecular complexity index is 1310. The summed E-state index contributed by atoms with van der Waals surface area (Å²) in [6.07, 6.45) is 78.5. The molecule has 0 saturated carbocycles. The van der Waals surface area contributed by atoms with E-state index in [9.17, 15) is 14.4 Å². The summed E-state index contributed by atoms with van der Waals surface area (Å²) in [7, 11) is 0. The fraction of sp³-hybridized carbons (Fsp3) is 0.806. The van der Waals surface area contributed by atoms with Crippen molar-refractivity contribution in [2.24, 2.45) is 0 Å². The van der Waals surface area contributed by atoms with Gasteiger partial charge < -0.3 is 14.2 Å². The average Bonchev–Trinajstić information content (AvgIpc) is 3.39. The van der Waals surface area contributed by atoms with Gasteiger partial charge in [0.2, 0.25) is 0 Å². The molecule has 1 unspecified atom stereocenters. The number of hydrogen-bond acceptors (Lipinski definition) is 6. The summed E-state index contributed by atoms with van der Waals surface area (Å²) in [5, 5.41) is 0. The second kappa shape index (κ2) is 61.7. The van der Waals surface area contributed by atoms with Crippen LogP contribution in [-0.4, -0.2) is 37.2 Å². The van der Waals surface area contributed by atoms with Crippen molar-refractivity contribution in [2.45, 2.75) is 335 Å². The highest BCUT2D eigenvalue weighted by atomic mass is 16.6. The largest absolute Gasteiger partial charge is 0.462 e. The van der Waals surface area contributed by atoms with E-state index in [1.54, 1.807) is 0 Å². The molecule has 1 atom stereocenters. The van der Waals surface area contributed by atoms with Crippen molar-refractivity contribution < 1.29 is 28.6 Å². The molecule has 0 rings (SSSR count). The third-order valence-electron chi connectivity index (χ3n) is 14.0. The van der Waals surface area contributed by atoms with Gasteiger partial charge in [0.05, 0.1) is 0 Å². The molecule has 0 heterocycles. The monoisotopic (exact) mass is 1020 g/mol. The zero-order valence-electron chi connectivity index (χ0n) is 48.7. The minimum Gasteiger partial charge on any atom is -0.462 e. The van der Waals surface area contributed by atoms with Gasteiger partial charge in [0, 0.05) is 19.3 Å². The third-order valence-corrected chi connectivity index (χ3v) is 14.0. The maximum Gasteiger partial charge on any atom is 0.306 e. The first kappa shape index (κ1) is 70.1. The Hall–Kier alpha value is -2.89. The Morgan fingerprint density at radius 1 is 0.288 bits per heavy atom. The van der Waals surface area contributed by atoms with Crippen LogP contribution in [0.2, 0.25) is 0 Å². The van der Waals surface area contributed by atoms with E-state index in [4.69, 9.17) is 14.2 Å². The zero-order chi connectivity index (χ0) is 52.9. The minimum absolute atomic E-state index is 0.0721. The van der Waals surface area contributed by atoms with E-state index in [0.29, 0.717) is 19.3 Å². The van der Waals surface area contributed by atoms with Crippen LogP contribution in [0.15, 0.2) is 60.8 Å². The van der Waals surface area contributed by atoms with Crippen LogP contribution in [-0.2, 0) is 28.6 Å². The van der Waals surface area contributed by atoms with Crippen LogP contribution in [0.25, 0.3) is 0 Å². The molecule has 0 aromatic carbocycles. The van der Waals surface area contributed by atoms with Gasteiger partial charge in [0.25, 0.3) is 0 Å². The third kappa shape index (κ3) is 59.9. The van der Waals surface area contributed by atoms with Crippen LogP contribution in [0, 0.1) is 0 Å². The van der Waals surface area contributed by atoms with Crippen molar-refractivity contribution >= 4 is 17.9 Å². The molecule has 0 saturated heterocycles. The van der Waals surface area contributed by atoms with Crippen molar-refractivity contribution in [2.75, 3.05) is 13.2 Å². The molecule has 6 nitrogen and oxygen atoms in total. The minimum atomic E-state index is -0.770. The van der Waals surface area contributed by atoms with Crippen molar-refractivity contribution in [3.63, 3.8) is 0 Å². The number of allylic oxidation sites excluding steroid dienone is 10. The molecule has 0 aliphatic rings. The van der Waals surface area contributed by atoms with Crippen LogP contribution in [0.1, 0.15) is 329 Å². The Balaban J connectivity index is 4.02. The van der Waals surface area contributed by atoms with E-state index in [1.807, 2.05) is 0 Å². The van der Waals surface area contributed by atoms with Crippen LogP contribution in [0.5, 0.6) is 0 Å². The molecule has 0 aliphatic heterocycles. The van der Waals surface area contributed by atoms with Crippen molar-refractivity contribution in [3.8, 4) is 0 Å². The summed E-state index contributed by atoms with van der Waals surface area (Å²) < 4.78 is 16.8. The van der Waals surface area contributed by atoms with Crippen molar-refractivity contribution in [1.82, 2.24) is 0 Å². The molecule has 73 heavy (non-hydrogen) atoms. The van der Waals surface area contributed by atoms with Gasteiger partial charge in [-0.15, -0.1) is 0 Å². The van der Waals surface area contributed by atoms with Gasteiger partial charge in [-0.05, 0) is 64.2 Å². The topological polar surface area (TPSA) is 78.9 Å². The van der Waals surface area contributed by atoms with Crippen LogP contribution in [0.4, 0.5) is 0 Å². The summed E-state index contributed by atoms with van der Waals surface area (Å²) in [6.45, 7) is 6.49. The molecule has 0 bridgehead atoms. The van der Waals surface area contributed by atoms with Gasteiger partial charge in [-0.2, -0.15) is 0 Å². The first-order valence-corrected chi connectivity index (χ1v) is 31.8. The number of hydrogen-bond donors (Lipinski definition) is 0. The summed E-state index contributed by atoms with van der Waals surface area (Å²) in [5.74, 6) is -0.872. The number of ether oxygens (including phenoxy) is 3. The second-order valence-electron chi connectivity index (χ2n) is 21.3. The number of esters is 3. The average molecular weight is 1020 g/mol. The smallest absolute Gasteiger partial charge is 0.306 e. The van der Waals surface area contributed by atoms with E-state index in [0.717, 1.165) is 96.3 Å². The standard InChI is InChI=1S/C67H120O6/c1-4-7-10-13-15-17-19-21-23-25-27-29-31-32-33-34-36-37-39-41-43-45-47-49-51-54-57-60-66(69)72-63-64(62-71-65(68)59-56-53-12-9-6-3)73-67(70)61-58-55-52-50-48-46-44-42-40-38-35-30-28-26-24-22-20-18-16-14-11-8-5-2/h7,10,15,17,21,23,27,29,32-33,64H,4-6,8-9,11-14,16,18-20,22,24-26,28,30-31,34-63H2,1-3H3/b10-7-,17-15-,23-21-,29-27-,33-32-. The quantitative estimate of drug-likeness (QED) is 0.0261. The van der Waals surface area contributed by atoms with Gasteiger partial charge in [-0.25, -0.2) is 0 Å². The maximum atomic E-state index is 12.8. The fourth-order valence-corrected chi connectivity index (χ4v) is 9.30. The van der Waals surface area contributed by atoms with E-state index in [1.165, 1.54) is 193 Å². The second-order valence-corrected chi connectivity index (χ2v) is 21.3. The Morgan fingerprint density at radius 2 is 0.534 bits per heavy atom. The predicted octanol–water partition coefficient (Wildman–Crippen LogP) is 21.6. The van der Waals surface area contributed by atoms with Gasteiger partial charge in [0.1, 0.15) is 13.2 Å². The molecule has 0 aromatic heterocycles. The van der Waals surface area contributed by atoms with Gasteiger partial charge in [0.15, 0.2) is 6.10 Å². The molecule has 0 amide bonds. The first-order valence-electron chi connectivity index (χ1n) is 31.8. The molecule has 0 aromatic rings. The molecule has 0 N–H and O–H groups in total. The molecule has 424 valence electrons. The van der Waals surface area contributed by atoms with Crippen LogP contribution < -0.4 is 0 Å². The summed E-state index contributed by atoms with van der Waals surface area (Å²) in [5.41, 5.74) is 0. The van der Waals surface area contributed by atoms with E-state index in [2.05, 4.69) is 81.5 Å². The number of rotatable bonds is 58. The normalized spacial score (nSPS) is 12.4. The summed E-state index contributed by atoms with van der Waals surface area (Å²) in [4.78, 5) is 37.9. The van der Waals surface area contributed by atoms with Gasteiger partial charge in [-0.1, -0.05) is 306 Å². The highest BCUT2D eigenvalue weighted by molar-refractivity contribution is 5.71.